The molecular weight excluding hydrogens is 242 g/mol. The summed E-state index contributed by atoms with van der Waals surface area (Å²) >= 11 is 0. The molecule has 0 saturated carbocycles. The lowest BCUT2D eigenvalue weighted by atomic mass is 9.96. The molecule has 0 aliphatic carbocycles. The molecule has 1 nitrogen and oxygen atoms in total. The second-order valence-corrected chi connectivity index (χ2v) is 5.45. The second-order valence-electron chi connectivity index (χ2n) is 5.45. The first-order chi connectivity index (χ1) is 9.45. The van der Waals surface area contributed by atoms with E-state index in [1.165, 1.54) is 27.8 Å². The molecule has 2 aromatic carbocycles. The molecule has 0 aromatic heterocycles. The van der Waals surface area contributed by atoms with Gasteiger partial charge in [0.25, 0.3) is 0 Å². The average molecular weight is 263 g/mol. The molecule has 0 atom stereocenters. The Kier molecular flexibility index (Phi) is 4.09. The standard InChI is InChI=1S/C19H21N/c1-13(2)8-16-9-14(3)10-19(11-16)18-7-5-6-17(12-18)15(4)20/h5-7,9-12H,1,4,8,20H2,2-3H3. The van der Waals surface area contributed by atoms with Gasteiger partial charge >= 0.3 is 0 Å². The number of hydrogen-bond acceptors (Lipinski definition) is 1. The normalized spacial score (nSPS) is 10.3. The van der Waals surface area contributed by atoms with E-state index >= 15 is 0 Å². The highest BCUT2D eigenvalue weighted by molar-refractivity contribution is 5.71. The van der Waals surface area contributed by atoms with Gasteiger partial charge in [-0.05, 0) is 48.6 Å². The lowest BCUT2D eigenvalue weighted by Crippen LogP contribution is -1.94. The van der Waals surface area contributed by atoms with Gasteiger partial charge in [-0.15, -0.1) is 0 Å². The maximum Gasteiger partial charge on any atom is 0.0314 e. The number of aryl methyl sites for hydroxylation is 1. The van der Waals surface area contributed by atoms with Crippen LogP contribution in [0.15, 0.2) is 61.2 Å². The van der Waals surface area contributed by atoms with Gasteiger partial charge in [-0.25, -0.2) is 0 Å². The van der Waals surface area contributed by atoms with Gasteiger partial charge in [0.2, 0.25) is 0 Å². The summed E-state index contributed by atoms with van der Waals surface area (Å²) < 4.78 is 0. The SMILES string of the molecule is C=C(C)Cc1cc(C)cc(-c2cccc(C(=C)N)c2)c1. The molecule has 0 spiro atoms. The Hall–Kier alpha value is -2.28. The van der Waals surface area contributed by atoms with Crippen LogP contribution in [0.1, 0.15) is 23.6 Å². The first kappa shape index (κ1) is 14.1. The zero-order valence-corrected chi connectivity index (χ0v) is 12.2. The van der Waals surface area contributed by atoms with Crippen LogP contribution in [0.25, 0.3) is 16.8 Å². The average Bonchev–Trinajstić information content (AvgIpc) is 2.37. The number of allylic oxidation sites excluding steroid dienone is 1. The third kappa shape index (κ3) is 3.39. The molecule has 0 radical (unpaired) electrons. The molecule has 0 bridgehead atoms. The maximum absolute atomic E-state index is 5.78. The summed E-state index contributed by atoms with van der Waals surface area (Å²) in [5.41, 5.74) is 13.5. The number of rotatable bonds is 4. The van der Waals surface area contributed by atoms with Crippen LogP contribution in [0.3, 0.4) is 0 Å². The Labute approximate surface area is 121 Å². The monoisotopic (exact) mass is 263 g/mol. The van der Waals surface area contributed by atoms with Crippen LogP contribution in [-0.2, 0) is 6.42 Å². The maximum atomic E-state index is 5.78. The lowest BCUT2D eigenvalue weighted by molar-refractivity contribution is 1.15. The molecule has 0 aliphatic heterocycles. The van der Waals surface area contributed by atoms with Crippen molar-refractivity contribution in [1.82, 2.24) is 0 Å². The van der Waals surface area contributed by atoms with E-state index in [0.717, 1.165) is 12.0 Å². The smallest absolute Gasteiger partial charge is 0.0314 e. The first-order valence-corrected chi connectivity index (χ1v) is 6.76. The van der Waals surface area contributed by atoms with Crippen molar-refractivity contribution in [1.29, 1.82) is 0 Å². The van der Waals surface area contributed by atoms with Crippen LogP contribution in [0.2, 0.25) is 0 Å². The van der Waals surface area contributed by atoms with E-state index < -0.39 is 0 Å². The summed E-state index contributed by atoms with van der Waals surface area (Å²) in [6, 6.07) is 14.8. The highest BCUT2D eigenvalue weighted by Gasteiger charge is 2.04. The molecule has 2 aromatic rings. The molecule has 102 valence electrons. The molecule has 0 saturated heterocycles. The zero-order chi connectivity index (χ0) is 14.7. The van der Waals surface area contributed by atoms with Crippen molar-refractivity contribution in [2.45, 2.75) is 20.3 Å². The van der Waals surface area contributed by atoms with Crippen molar-refractivity contribution in [3.63, 3.8) is 0 Å². The van der Waals surface area contributed by atoms with Gasteiger partial charge in [-0.1, -0.05) is 60.7 Å². The predicted molar refractivity (Wildman–Crippen MR) is 88.4 cm³/mol. The van der Waals surface area contributed by atoms with E-state index in [9.17, 15) is 0 Å². The van der Waals surface area contributed by atoms with Gasteiger partial charge in [-0.3, -0.25) is 0 Å². The molecule has 2 N–H and O–H groups in total. The van der Waals surface area contributed by atoms with Gasteiger partial charge in [0.05, 0.1) is 0 Å². The molecule has 0 amide bonds. The van der Waals surface area contributed by atoms with Gasteiger partial charge in [-0.2, -0.15) is 0 Å². The summed E-state index contributed by atoms with van der Waals surface area (Å²) in [5, 5.41) is 0. The minimum atomic E-state index is 0.599. The number of benzene rings is 2. The Morgan fingerprint density at radius 2 is 1.80 bits per heavy atom. The Balaban J connectivity index is 2.46. The van der Waals surface area contributed by atoms with Crippen molar-refractivity contribution >= 4 is 5.70 Å². The van der Waals surface area contributed by atoms with Crippen LogP contribution < -0.4 is 5.73 Å². The highest BCUT2D eigenvalue weighted by Crippen LogP contribution is 2.25. The van der Waals surface area contributed by atoms with Gasteiger partial charge < -0.3 is 5.73 Å². The van der Waals surface area contributed by atoms with Gasteiger partial charge in [0.1, 0.15) is 0 Å². The molecule has 2 rings (SSSR count). The molecule has 0 aliphatic rings. The Morgan fingerprint density at radius 3 is 2.45 bits per heavy atom. The van der Waals surface area contributed by atoms with Crippen LogP contribution in [0.5, 0.6) is 0 Å². The zero-order valence-electron chi connectivity index (χ0n) is 12.2. The van der Waals surface area contributed by atoms with Gasteiger partial charge in [0.15, 0.2) is 0 Å². The van der Waals surface area contributed by atoms with Crippen molar-refractivity contribution < 1.29 is 0 Å². The van der Waals surface area contributed by atoms with Crippen molar-refractivity contribution in [2.75, 3.05) is 0 Å². The molecule has 20 heavy (non-hydrogen) atoms. The van der Waals surface area contributed by atoms with E-state index in [1.54, 1.807) is 0 Å². The van der Waals surface area contributed by atoms with Crippen LogP contribution >= 0.6 is 0 Å². The molecule has 0 unspecified atom stereocenters. The Morgan fingerprint density at radius 1 is 1.05 bits per heavy atom. The quantitative estimate of drug-likeness (QED) is 0.794. The third-order valence-corrected chi connectivity index (χ3v) is 3.21. The predicted octanol–water partition coefficient (Wildman–Crippen LogP) is 4.71. The topological polar surface area (TPSA) is 26.0 Å². The van der Waals surface area contributed by atoms with E-state index in [-0.39, 0.29) is 0 Å². The molecule has 0 fully saturated rings. The fraction of sp³-hybridized carbons (Fsp3) is 0.158. The Bertz CT molecular complexity index is 665. The third-order valence-electron chi connectivity index (χ3n) is 3.21. The summed E-state index contributed by atoms with van der Waals surface area (Å²) in [4.78, 5) is 0. The summed E-state index contributed by atoms with van der Waals surface area (Å²) in [5.74, 6) is 0. The summed E-state index contributed by atoms with van der Waals surface area (Å²) in [7, 11) is 0. The van der Waals surface area contributed by atoms with Crippen molar-refractivity contribution in [3.05, 3.63) is 77.9 Å². The number of nitrogens with two attached hydrogens (primary N) is 1. The van der Waals surface area contributed by atoms with Gasteiger partial charge in [0, 0.05) is 5.70 Å². The van der Waals surface area contributed by atoms with Crippen molar-refractivity contribution in [2.24, 2.45) is 5.73 Å². The molecule has 1 heteroatoms. The van der Waals surface area contributed by atoms with E-state index in [4.69, 9.17) is 5.73 Å². The largest absolute Gasteiger partial charge is 0.399 e. The molecular formula is C19H21N. The second kappa shape index (κ2) is 5.79. The fourth-order valence-electron chi connectivity index (χ4n) is 2.38. The fourth-order valence-corrected chi connectivity index (χ4v) is 2.38. The van der Waals surface area contributed by atoms with E-state index in [2.05, 4.69) is 57.3 Å². The lowest BCUT2D eigenvalue weighted by Gasteiger charge is -2.09. The van der Waals surface area contributed by atoms with E-state index in [0.29, 0.717) is 5.70 Å². The van der Waals surface area contributed by atoms with Crippen LogP contribution in [0.4, 0.5) is 0 Å². The summed E-state index contributed by atoms with van der Waals surface area (Å²) in [6.45, 7) is 12.0. The highest BCUT2D eigenvalue weighted by atomic mass is 14.6. The number of hydrogen-bond donors (Lipinski definition) is 1. The summed E-state index contributed by atoms with van der Waals surface area (Å²) in [6.07, 6.45) is 0.915. The minimum Gasteiger partial charge on any atom is -0.399 e. The first-order valence-electron chi connectivity index (χ1n) is 6.76. The molecule has 0 heterocycles. The van der Waals surface area contributed by atoms with E-state index in [1.807, 2.05) is 12.1 Å². The van der Waals surface area contributed by atoms with Crippen molar-refractivity contribution in [3.8, 4) is 11.1 Å². The van der Waals surface area contributed by atoms with Crippen LogP contribution in [0, 0.1) is 6.92 Å². The minimum absolute atomic E-state index is 0.599. The van der Waals surface area contributed by atoms with Crippen LogP contribution in [-0.4, -0.2) is 0 Å².